The summed E-state index contributed by atoms with van der Waals surface area (Å²) in [6.45, 7) is 4.54. The van der Waals surface area contributed by atoms with E-state index in [0.29, 0.717) is 18.9 Å². The zero-order valence-corrected chi connectivity index (χ0v) is 13.3. The van der Waals surface area contributed by atoms with Gasteiger partial charge in [-0.15, -0.1) is 0 Å². The van der Waals surface area contributed by atoms with E-state index in [9.17, 15) is 5.11 Å². The summed E-state index contributed by atoms with van der Waals surface area (Å²) in [7, 11) is 0. The number of aryl methyl sites for hydroxylation is 1. The lowest BCUT2D eigenvalue weighted by Crippen LogP contribution is -2.22. The third kappa shape index (κ3) is 4.33. The van der Waals surface area contributed by atoms with Crippen molar-refractivity contribution in [1.29, 1.82) is 0 Å². The highest BCUT2D eigenvalue weighted by molar-refractivity contribution is 5.39. The van der Waals surface area contributed by atoms with Crippen molar-refractivity contribution in [3.8, 4) is 11.5 Å². The lowest BCUT2D eigenvalue weighted by Gasteiger charge is -2.21. The van der Waals surface area contributed by atoms with E-state index in [1.54, 1.807) is 0 Å². The van der Waals surface area contributed by atoms with Crippen LogP contribution in [0.3, 0.4) is 0 Å². The van der Waals surface area contributed by atoms with Crippen molar-refractivity contribution in [1.82, 2.24) is 0 Å². The number of benzene rings is 2. The first-order chi connectivity index (χ1) is 10.6. The highest BCUT2D eigenvalue weighted by Crippen LogP contribution is 2.31. The van der Waals surface area contributed by atoms with Crippen molar-refractivity contribution in [2.24, 2.45) is 5.73 Å². The zero-order chi connectivity index (χ0) is 15.9. The highest BCUT2D eigenvalue weighted by atomic mass is 16.5. The van der Waals surface area contributed by atoms with E-state index in [1.807, 2.05) is 36.4 Å². The van der Waals surface area contributed by atoms with Crippen molar-refractivity contribution in [3.05, 3.63) is 59.7 Å². The summed E-state index contributed by atoms with van der Waals surface area (Å²) in [4.78, 5) is 0. The Kier molecular flexibility index (Phi) is 5.99. The van der Waals surface area contributed by atoms with Gasteiger partial charge in [-0.3, -0.25) is 0 Å². The van der Waals surface area contributed by atoms with Crippen molar-refractivity contribution >= 4 is 0 Å². The number of nitrogens with two attached hydrogens (primary N) is 1. The molecule has 2 atom stereocenters. The molecule has 0 radical (unpaired) electrons. The van der Waals surface area contributed by atoms with Crippen LogP contribution in [0.5, 0.6) is 11.5 Å². The van der Waals surface area contributed by atoms with Gasteiger partial charge >= 0.3 is 0 Å². The third-order valence-electron chi connectivity index (χ3n) is 3.98. The van der Waals surface area contributed by atoms with E-state index < -0.39 is 6.10 Å². The monoisotopic (exact) mass is 299 g/mol. The van der Waals surface area contributed by atoms with Gasteiger partial charge in [0.05, 0.1) is 6.10 Å². The molecule has 2 rings (SSSR count). The van der Waals surface area contributed by atoms with E-state index in [-0.39, 0.29) is 0 Å². The van der Waals surface area contributed by atoms with Crippen LogP contribution >= 0.6 is 0 Å². The minimum Gasteiger partial charge on any atom is -0.457 e. The second-order valence-corrected chi connectivity index (χ2v) is 5.66. The first kappa shape index (κ1) is 16.5. The second-order valence-electron chi connectivity index (χ2n) is 5.66. The molecule has 3 nitrogen and oxygen atoms in total. The summed E-state index contributed by atoms with van der Waals surface area (Å²) in [6.07, 6.45) is 1.24. The van der Waals surface area contributed by atoms with Crippen LogP contribution in [0.2, 0.25) is 0 Å². The Morgan fingerprint density at radius 1 is 1.09 bits per heavy atom. The van der Waals surface area contributed by atoms with Crippen molar-refractivity contribution in [3.63, 3.8) is 0 Å². The molecule has 22 heavy (non-hydrogen) atoms. The van der Waals surface area contributed by atoms with Gasteiger partial charge in [0, 0.05) is 6.54 Å². The van der Waals surface area contributed by atoms with Gasteiger partial charge in [-0.05, 0) is 61.1 Å². The molecule has 0 amide bonds. The lowest BCUT2D eigenvalue weighted by molar-refractivity contribution is 0.162. The maximum absolute atomic E-state index is 9.81. The number of ether oxygens (including phenoxy) is 1. The van der Waals surface area contributed by atoms with Gasteiger partial charge in [-0.25, -0.2) is 0 Å². The SMILES string of the molecule is CCC(CC(O)CN)c1ccc(Oc2ccccc2)cc1C. The minimum atomic E-state index is -0.440. The average molecular weight is 299 g/mol. The molecule has 0 aliphatic heterocycles. The Hall–Kier alpha value is -1.84. The van der Waals surface area contributed by atoms with Crippen LogP contribution in [0.15, 0.2) is 48.5 Å². The van der Waals surface area contributed by atoms with Crippen LogP contribution in [0.25, 0.3) is 0 Å². The van der Waals surface area contributed by atoms with Gasteiger partial charge in [0.25, 0.3) is 0 Å². The van der Waals surface area contributed by atoms with Crippen LogP contribution in [-0.4, -0.2) is 17.8 Å². The summed E-state index contributed by atoms with van der Waals surface area (Å²) in [6, 6.07) is 15.9. The molecular formula is C19H25NO2. The van der Waals surface area contributed by atoms with Crippen molar-refractivity contribution in [2.45, 2.75) is 38.7 Å². The number of aliphatic hydroxyl groups is 1. The standard InChI is InChI=1S/C19H25NO2/c1-3-15(12-16(21)13-20)19-10-9-18(11-14(19)2)22-17-7-5-4-6-8-17/h4-11,15-16,21H,3,12-13,20H2,1-2H3. The van der Waals surface area contributed by atoms with Gasteiger partial charge in [0.15, 0.2) is 0 Å². The number of hydrogen-bond acceptors (Lipinski definition) is 3. The predicted molar refractivity (Wildman–Crippen MR) is 90.4 cm³/mol. The van der Waals surface area contributed by atoms with Gasteiger partial charge in [-0.1, -0.05) is 31.2 Å². The summed E-state index contributed by atoms with van der Waals surface area (Å²) >= 11 is 0. The molecule has 2 aromatic carbocycles. The minimum absolute atomic E-state index is 0.310. The van der Waals surface area contributed by atoms with Gasteiger partial charge in [-0.2, -0.15) is 0 Å². The lowest BCUT2D eigenvalue weighted by atomic mass is 9.88. The van der Waals surface area contributed by atoms with E-state index in [4.69, 9.17) is 10.5 Å². The molecule has 0 aliphatic carbocycles. The Balaban J connectivity index is 2.14. The smallest absolute Gasteiger partial charge is 0.127 e. The number of para-hydroxylation sites is 1. The summed E-state index contributed by atoms with van der Waals surface area (Å²) in [5, 5.41) is 9.81. The summed E-state index contributed by atoms with van der Waals surface area (Å²) < 4.78 is 5.86. The van der Waals surface area contributed by atoms with Crippen molar-refractivity contribution in [2.75, 3.05) is 6.54 Å². The molecule has 0 saturated carbocycles. The molecule has 118 valence electrons. The summed E-state index contributed by atoms with van der Waals surface area (Å²) in [5.74, 6) is 1.99. The van der Waals surface area contributed by atoms with Gasteiger partial charge in [0.2, 0.25) is 0 Å². The van der Waals surface area contributed by atoms with Crippen LogP contribution in [0.1, 0.15) is 36.8 Å². The fourth-order valence-corrected chi connectivity index (χ4v) is 2.73. The van der Waals surface area contributed by atoms with Crippen LogP contribution in [-0.2, 0) is 0 Å². The highest BCUT2D eigenvalue weighted by Gasteiger charge is 2.16. The van der Waals surface area contributed by atoms with E-state index >= 15 is 0 Å². The Labute approximate surface area is 132 Å². The molecule has 0 bridgehead atoms. The average Bonchev–Trinajstić information content (AvgIpc) is 2.54. The van der Waals surface area contributed by atoms with Crippen molar-refractivity contribution < 1.29 is 9.84 Å². The number of aliphatic hydroxyl groups excluding tert-OH is 1. The molecule has 0 aliphatic rings. The molecule has 2 unspecified atom stereocenters. The molecule has 0 aromatic heterocycles. The van der Waals surface area contributed by atoms with Crippen LogP contribution < -0.4 is 10.5 Å². The fourth-order valence-electron chi connectivity index (χ4n) is 2.73. The molecule has 0 heterocycles. The maximum Gasteiger partial charge on any atom is 0.127 e. The first-order valence-corrected chi connectivity index (χ1v) is 7.85. The molecular weight excluding hydrogens is 274 g/mol. The van der Waals surface area contributed by atoms with E-state index in [2.05, 4.69) is 26.0 Å². The third-order valence-corrected chi connectivity index (χ3v) is 3.98. The predicted octanol–water partition coefficient (Wildman–Crippen LogP) is 3.99. The van der Waals surface area contributed by atoms with Gasteiger partial charge in [0.1, 0.15) is 11.5 Å². The molecule has 2 aromatic rings. The molecule has 0 fully saturated rings. The Bertz CT molecular complexity index is 583. The van der Waals surface area contributed by atoms with Gasteiger partial charge < -0.3 is 15.6 Å². The van der Waals surface area contributed by atoms with Crippen LogP contribution in [0.4, 0.5) is 0 Å². The largest absolute Gasteiger partial charge is 0.457 e. The first-order valence-electron chi connectivity index (χ1n) is 7.85. The van der Waals surface area contributed by atoms with E-state index in [0.717, 1.165) is 17.9 Å². The number of hydrogen-bond donors (Lipinski definition) is 2. The molecule has 0 saturated heterocycles. The maximum atomic E-state index is 9.81. The fraction of sp³-hybridized carbons (Fsp3) is 0.368. The number of rotatable bonds is 7. The Morgan fingerprint density at radius 3 is 2.41 bits per heavy atom. The summed E-state index contributed by atoms with van der Waals surface area (Å²) in [5.41, 5.74) is 7.98. The molecule has 3 N–H and O–H groups in total. The van der Waals surface area contributed by atoms with E-state index in [1.165, 1.54) is 11.1 Å². The molecule has 3 heteroatoms. The topological polar surface area (TPSA) is 55.5 Å². The quantitative estimate of drug-likeness (QED) is 0.812. The second kappa shape index (κ2) is 7.97. The van der Waals surface area contributed by atoms with Crippen LogP contribution in [0, 0.1) is 6.92 Å². The zero-order valence-electron chi connectivity index (χ0n) is 13.3. The normalized spacial score (nSPS) is 13.6. The Morgan fingerprint density at radius 2 is 1.82 bits per heavy atom. The molecule has 0 spiro atoms.